The van der Waals surface area contributed by atoms with E-state index in [1.54, 1.807) is 13.8 Å². The van der Waals surface area contributed by atoms with Crippen molar-refractivity contribution in [3.8, 4) is 0 Å². The maximum Gasteiger partial charge on any atom is 0.303 e. The highest BCUT2D eigenvalue weighted by Gasteiger charge is 2.28. The van der Waals surface area contributed by atoms with Gasteiger partial charge in [0.05, 0.1) is 5.97 Å². The standard InChI is InChI=1S/C8H13FO4/c1-4(2)7(13-5(3)10)6(9)8(11)12/h4,6-7H,1-3H3,(H,11,12)/p-1. The van der Waals surface area contributed by atoms with Gasteiger partial charge in [0, 0.05) is 6.92 Å². The Labute approximate surface area is 75.7 Å². The highest BCUT2D eigenvalue weighted by molar-refractivity contribution is 5.72. The van der Waals surface area contributed by atoms with Crippen LogP contribution in [0.2, 0.25) is 0 Å². The summed E-state index contributed by atoms with van der Waals surface area (Å²) in [5, 5.41) is 10.1. The molecule has 0 radical (unpaired) electrons. The number of ether oxygens (including phenoxy) is 1. The largest absolute Gasteiger partial charge is 0.547 e. The lowest BCUT2D eigenvalue weighted by molar-refractivity contribution is -0.315. The van der Waals surface area contributed by atoms with Gasteiger partial charge in [-0.05, 0) is 5.92 Å². The number of hydrogen-bond acceptors (Lipinski definition) is 4. The molecule has 5 heteroatoms. The van der Waals surface area contributed by atoms with Gasteiger partial charge in [0.2, 0.25) is 0 Å². The molecule has 76 valence electrons. The molecule has 0 aromatic rings. The van der Waals surface area contributed by atoms with Crippen molar-refractivity contribution in [2.24, 2.45) is 5.92 Å². The van der Waals surface area contributed by atoms with Gasteiger partial charge in [-0.15, -0.1) is 0 Å². The third kappa shape index (κ3) is 3.87. The highest BCUT2D eigenvalue weighted by Crippen LogP contribution is 2.14. The molecule has 0 spiro atoms. The summed E-state index contributed by atoms with van der Waals surface area (Å²) in [5.41, 5.74) is 0. The Morgan fingerprint density at radius 1 is 1.38 bits per heavy atom. The van der Waals surface area contributed by atoms with E-state index < -0.39 is 30.1 Å². The molecule has 0 N–H and O–H groups in total. The summed E-state index contributed by atoms with van der Waals surface area (Å²) in [6.07, 6.45) is -3.55. The fraction of sp³-hybridized carbons (Fsp3) is 0.750. The molecule has 2 unspecified atom stereocenters. The average Bonchev–Trinajstić information content (AvgIpc) is 1.97. The van der Waals surface area contributed by atoms with Gasteiger partial charge in [0.25, 0.3) is 0 Å². The monoisotopic (exact) mass is 191 g/mol. The topological polar surface area (TPSA) is 66.4 Å². The molecule has 0 saturated heterocycles. The van der Waals surface area contributed by atoms with Crippen LogP contribution in [-0.4, -0.2) is 24.2 Å². The summed E-state index contributed by atoms with van der Waals surface area (Å²) in [6, 6.07) is 0. The molecule has 0 aliphatic carbocycles. The summed E-state index contributed by atoms with van der Waals surface area (Å²) >= 11 is 0. The average molecular weight is 191 g/mol. The van der Waals surface area contributed by atoms with Crippen LogP contribution in [0.5, 0.6) is 0 Å². The van der Waals surface area contributed by atoms with Crippen LogP contribution in [-0.2, 0) is 14.3 Å². The van der Waals surface area contributed by atoms with Crippen LogP contribution in [0, 0.1) is 5.92 Å². The fourth-order valence-electron chi connectivity index (χ4n) is 0.860. The van der Waals surface area contributed by atoms with E-state index in [1.807, 2.05) is 0 Å². The second kappa shape index (κ2) is 4.79. The third-order valence-corrected chi connectivity index (χ3v) is 1.47. The molecule has 0 rings (SSSR count). The third-order valence-electron chi connectivity index (χ3n) is 1.47. The molecule has 0 saturated carbocycles. The van der Waals surface area contributed by atoms with E-state index in [9.17, 15) is 19.1 Å². The number of carbonyl (C=O) groups excluding carboxylic acids is 2. The number of esters is 1. The van der Waals surface area contributed by atoms with Crippen LogP contribution in [0.25, 0.3) is 0 Å². The Kier molecular flexibility index (Phi) is 4.37. The Bertz CT molecular complexity index is 202. The van der Waals surface area contributed by atoms with E-state index >= 15 is 0 Å². The van der Waals surface area contributed by atoms with Crippen molar-refractivity contribution in [2.45, 2.75) is 33.0 Å². The van der Waals surface area contributed by atoms with Gasteiger partial charge < -0.3 is 14.6 Å². The fourth-order valence-corrected chi connectivity index (χ4v) is 0.860. The minimum atomic E-state index is -2.27. The van der Waals surface area contributed by atoms with Gasteiger partial charge in [-0.3, -0.25) is 4.79 Å². The van der Waals surface area contributed by atoms with E-state index in [-0.39, 0.29) is 0 Å². The molecule has 0 amide bonds. The van der Waals surface area contributed by atoms with Crippen molar-refractivity contribution >= 4 is 11.9 Å². The van der Waals surface area contributed by atoms with Gasteiger partial charge >= 0.3 is 5.97 Å². The Morgan fingerprint density at radius 3 is 2.08 bits per heavy atom. The first-order chi connectivity index (χ1) is 5.86. The van der Waals surface area contributed by atoms with Crippen LogP contribution in [0.15, 0.2) is 0 Å². The van der Waals surface area contributed by atoms with Crippen LogP contribution in [0.3, 0.4) is 0 Å². The van der Waals surface area contributed by atoms with Crippen molar-refractivity contribution < 1.29 is 23.8 Å². The summed E-state index contributed by atoms with van der Waals surface area (Å²) in [6.45, 7) is 4.21. The second-order valence-electron chi connectivity index (χ2n) is 3.04. The molecule has 0 aliphatic heterocycles. The zero-order valence-corrected chi connectivity index (χ0v) is 7.74. The predicted molar refractivity (Wildman–Crippen MR) is 40.3 cm³/mol. The summed E-state index contributed by atoms with van der Waals surface area (Å²) in [5.74, 6) is -2.97. The van der Waals surface area contributed by atoms with Gasteiger partial charge in [0.1, 0.15) is 6.10 Å². The zero-order chi connectivity index (χ0) is 10.6. The van der Waals surface area contributed by atoms with Gasteiger partial charge in [-0.1, -0.05) is 13.8 Å². The lowest BCUT2D eigenvalue weighted by Gasteiger charge is -2.24. The van der Waals surface area contributed by atoms with Crippen molar-refractivity contribution in [2.75, 3.05) is 0 Å². The first-order valence-electron chi connectivity index (χ1n) is 3.88. The molecule has 13 heavy (non-hydrogen) atoms. The Hall–Kier alpha value is -1.13. The van der Waals surface area contributed by atoms with E-state index in [2.05, 4.69) is 4.74 Å². The molecular formula is C8H12FO4-. The second-order valence-corrected chi connectivity index (χ2v) is 3.04. The van der Waals surface area contributed by atoms with Crippen LogP contribution < -0.4 is 5.11 Å². The van der Waals surface area contributed by atoms with Crippen LogP contribution >= 0.6 is 0 Å². The molecule has 0 aromatic carbocycles. The van der Waals surface area contributed by atoms with Crippen LogP contribution in [0.4, 0.5) is 4.39 Å². The number of aliphatic carboxylic acids is 1. The van der Waals surface area contributed by atoms with Crippen molar-refractivity contribution in [3.05, 3.63) is 0 Å². The molecule has 0 heterocycles. The summed E-state index contributed by atoms with van der Waals surface area (Å²) < 4.78 is 17.4. The van der Waals surface area contributed by atoms with Gasteiger partial charge in [-0.25, -0.2) is 4.39 Å². The quantitative estimate of drug-likeness (QED) is 0.570. The van der Waals surface area contributed by atoms with E-state index in [0.717, 1.165) is 6.92 Å². The number of carboxylic acids is 1. The first kappa shape index (κ1) is 11.9. The highest BCUT2D eigenvalue weighted by atomic mass is 19.1. The zero-order valence-electron chi connectivity index (χ0n) is 7.74. The Morgan fingerprint density at radius 2 is 1.85 bits per heavy atom. The van der Waals surface area contributed by atoms with Crippen LogP contribution in [0.1, 0.15) is 20.8 Å². The molecule has 2 atom stereocenters. The Balaban J connectivity index is 4.41. The molecule has 0 aliphatic rings. The summed E-state index contributed by atoms with van der Waals surface area (Å²) in [7, 11) is 0. The lowest BCUT2D eigenvalue weighted by Crippen LogP contribution is -2.44. The van der Waals surface area contributed by atoms with E-state index in [1.165, 1.54) is 0 Å². The number of alkyl halides is 1. The lowest BCUT2D eigenvalue weighted by atomic mass is 10.0. The number of halogens is 1. The minimum absolute atomic E-state index is 0.406. The minimum Gasteiger partial charge on any atom is -0.547 e. The van der Waals surface area contributed by atoms with E-state index in [0.29, 0.717) is 0 Å². The number of rotatable bonds is 4. The first-order valence-corrected chi connectivity index (χ1v) is 3.88. The number of carboxylic acid groups (broad SMARTS) is 1. The maximum absolute atomic E-state index is 12.9. The SMILES string of the molecule is CC(=O)OC(C(C)C)C(F)C(=O)[O-]. The smallest absolute Gasteiger partial charge is 0.303 e. The number of carbonyl (C=O) groups is 2. The van der Waals surface area contributed by atoms with Crippen molar-refractivity contribution in [1.29, 1.82) is 0 Å². The van der Waals surface area contributed by atoms with Crippen molar-refractivity contribution in [3.63, 3.8) is 0 Å². The van der Waals surface area contributed by atoms with Crippen molar-refractivity contribution in [1.82, 2.24) is 0 Å². The normalized spacial score (nSPS) is 15.2. The number of hydrogen-bond donors (Lipinski definition) is 0. The molecule has 0 aromatic heterocycles. The molecule has 0 fully saturated rings. The molecular weight excluding hydrogens is 179 g/mol. The van der Waals surface area contributed by atoms with E-state index in [4.69, 9.17) is 0 Å². The molecule has 0 bridgehead atoms. The van der Waals surface area contributed by atoms with Gasteiger partial charge in [-0.2, -0.15) is 0 Å². The van der Waals surface area contributed by atoms with Gasteiger partial charge in [0.15, 0.2) is 6.17 Å². The predicted octanol–water partition coefficient (Wildman–Crippen LogP) is -0.338. The molecule has 4 nitrogen and oxygen atoms in total. The maximum atomic E-state index is 12.9. The summed E-state index contributed by atoms with van der Waals surface area (Å²) in [4.78, 5) is 20.6.